The minimum atomic E-state index is -1.85. The lowest BCUT2D eigenvalue weighted by molar-refractivity contribution is -0.377. The molecule has 408 valence electrons. The van der Waals surface area contributed by atoms with Crippen molar-refractivity contribution in [3.05, 3.63) is 0 Å². The van der Waals surface area contributed by atoms with Crippen LogP contribution in [0.25, 0.3) is 0 Å². The SMILES string of the molecule is CCCCCCCCCCCCCCCCCCC(=O)O[C@@H]1C(OC(=O)[C@@H](C)[C@@H](O)[C@@H](C)C[C@@H](C)CCCCCCCCCCCCCCC)[C@H](O)C(CO)O[C@@H]1O[C@H]1OC(CO)[C@@H](O)C(O)[C@@H]1O. The number of carbonyl (C=O) groups is 2. The zero-order valence-corrected chi connectivity index (χ0v) is 44.1. The van der Waals surface area contributed by atoms with Gasteiger partial charge in [-0.15, -0.1) is 0 Å². The zero-order valence-electron chi connectivity index (χ0n) is 44.1. The largest absolute Gasteiger partial charge is 0.455 e. The Labute approximate surface area is 418 Å². The van der Waals surface area contributed by atoms with Gasteiger partial charge in [-0.05, 0) is 31.6 Å². The van der Waals surface area contributed by atoms with Gasteiger partial charge in [0.2, 0.25) is 6.29 Å². The molecule has 0 aromatic heterocycles. The Morgan fingerprint density at radius 2 is 0.899 bits per heavy atom. The molecule has 14 heteroatoms. The smallest absolute Gasteiger partial charge is 0.311 e. The maximum atomic E-state index is 13.8. The summed E-state index contributed by atoms with van der Waals surface area (Å²) in [6.45, 7) is 8.59. The van der Waals surface area contributed by atoms with Crippen molar-refractivity contribution >= 4 is 11.9 Å². The number of aliphatic hydroxyl groups excluding tert-OH is 7. The monoisotopic (exact) mass is 989 g/mol. The van der Waals surface area contributed by atoms with Gasteiger partial charge in [0.15, 0.2) is 18.5 Å². The van der Waals surface area contributed by atoms with Crippen LogP contribution in [0, 0.1) is 17.8 Å². The molecule has 14 atom stereocenters. The third-order valence-electron chi connectivity index (χ3n) is 14.7. The summed E-state index contributed by atoms with van der Waals surface area (Å²) in [6.07, 6.45) is 19.7. The molecule has 0 bridgehead atoms. The Hall–Kier alpha value is -1.46. The van der Waals surface area contributed by atoms with Crippen LogP contribution < -0.4 is 0 Å². The summed E-state index contributed by atoms with van der Waals surface area (Å²) in [5.74, 6) is -2.54. The lowest BCUT2D eigenvalue weighted by Gasteiger charge is -2.46. The molecule has 2 aliphatic heterocycles. The first kappa shape index (κ1) is 63.7. The lowest BCUT2D eigenvalue weighted by Crippen LogP contribution is -2.65. The predicted molar refractivity (Wildman–Crippen MR) is 269 cm³/mol. The van der Waals surface area contributed by atoms with E-state index in [4.69, 9.17) is 23.7 Å². The van der Waals surface area contributed by atoms with E-state index in [-0.39, 0.29) is 12.3 Å². The van der Waals surface area contributed by atoms with Crippen molar-refractivity contribution in [2.45, 2.75) is 308 Å². The Morgan fingerprint density at radius 3 is 1.35 bits per heavy atom. The highest BCUT2D eigenvalue weighted by Gasteiger charge is 2.53. The summed E-state index contributed by atoms with van der Waals surface area (Å²) >= 11 is 0. The van der Waals surface area contributed by atoms with Crippen molar-refractivity contribution < 1.29 is 69.0 Å². The van der Waals surface area contributed by atoms with Crippen molar-refractivity contribution in [1.82, 2.24) is 0 Å². The number of hydrogen-bond acceptors (Lipinski definition) is 14. The van der Waals surface area contributed by atoms with E-state index >= 15 is 0 Å². The zero-order chi connectivity index (χ0) is 50.8. The van der Waals surface area contributed by atoms with E-state index in [2.05, 4.69) is 20.8 Å². The van der Waals surface area contributed by atoms with Gasteiger partial charge >= 0.3 is 11.9 Å². The molecule has 7 N–H and O–H groups in total. The fraction of sp³-hybridized carbons (Fsp3) is 0.964. The van der Waals surface area contributed by atoms with Crippen molar-refractivity contribution in [1.29, 1.82) is 0 Å². The van der Waals surface area contributed by atoms with Crippen LogP contribution in [0.1, 0.15) is 240 Å². The Bertz CT molecular complexity index is 1260. The third kappa shape index (κ3) is 25.9. The second-order valence-electron chi connectivity index (χ2n) is 21.1. The topological polar surface area (TPSA) is 222 Å². The van der Waals surface area contributed by atoms with Gasteiger partial charge < -0.3 is 59.4 Å². The summed E-state index contributed by atoms with van der Waals surface area (Å²) < 4.78 is 29.0. The molecule has 0 radical (unpaired) electrons. The Kier molecular flexibility index (Phi) is 36.0. The predicted octanol–water partition coefficient (Wildman–Crippen LogP) is 9.50. The van der Waals surface area contributed by atoms with E-state index in [1.165, 1.54) is 155 Å². The first-order chi connectivity index (χ1) is 33.3. The van der Waals surface area contributed by atoms with Gasteiger partial charge in [0.25, 0.3) is 0 Å². The molecule has 0 spiro atoms. The van der Waals surface area contributed by atoms with Crippen molar-refractivity contribution in [3.8, 4) is 0 Å². The average molecular weight is 989 g/mol. The van der Waals surface area contributed by atoms with Gasteiger partial charge in [-0.3, -0.25) is 9.59 Å². The van der Waals surface area contributed by atoms with Gasteiger partial charge in [-0.2, -0.15) is 0 Å². The number of ether oxygens (including phenoxy) is 5. The number of rotatable bonds is 42. The van der Waals surface area contributed by atoms with Crippen LogP contribution in [0.3, 0.4) is 0 Å². The molecular formula is C55H104O14. The van der Waals surface area contributed by atoms with Crippen molar-refractivity contribution in [2.24, 2.45) is 17.8 Å². The highest BCUT2D eigenvalue weighted by atomic mass is 16.8. The van der Waals surface area contributed by atoms with E-state index in [1.54, 1.807) is 0 Å². The third-order valence-corrected chi connectivity index (χ3v) is 14.7. The summed E-state index contributed by atoms with van der Waals surface area (Å²) in [6, 6.07) is 0. The number of aliphatic hydroxyl groups is 7. The van der Waals surface area contributed by atoms with Gasteiger partial charge in [-0.1, -0.05) is 214 Å². The first-order valence-electron chi connectivity index (χ1n) is 28.3. The average Bonchev–Trinajstić information content (AvgIpc) is 3.34. The Morgan fingerprint density at radius 1 is 0.493 bits per heavy atom. The van der Waals surface area contributed by atoms with Crippen LogP contribution in [0.15, 0.2) is 0 Å². The van der Waals surface area contributed by atoms with Crippen LogP contribution in [0.5, 0.6) is 0 Å². The fourth-order valence-electron chi connectivity index (χ4n) is 10.0. The van der Waals surface area contributed by atoms with Gasteiger partial charge in [0, 0.05) is 6.42 Å². The van der Waals surface area contributed by atoms with E-state index < -0.39 is 98.6 Å². The van der Waals surface area contributed by atoms with E-state index in [1.807, 2.05) is 6.92 Å². The molecule has 69 heavy (non-hydrogen) atoms. The lowest BCUT2D eigenvalue weighted by atomic mass is 9.85. The molecule has 0 aromatic carbocycles. The molecule has 14 nitrogen and oxygen atoms in total. The quantitative estimate of drug-likeness (QED) is 0.0224. The number of esters is 2. The van der Waals surface area contributed by atoms with Crippen LogP contribution in [-0.4, -0.2) is 128 Å². The van der Waals surface area contributed by atoms with Crippen LogP contribution in [-0.2, 0) is 33.3 Å². The van der Waals surface area contributed by atoms with Crippen LogP contribution >= 0.6 is 0 Å². The van der Waals surface area contributed by atoms with Gasteiger partial charge in [-0.25, -0.2) is 0 Å². The molecule has 2 heterocycles. The molecule has 2 saturated heterocycles. The van der Waals surface area contributed by atoms with Crippen LogP contribution in [0.4, 0.5) is 0 Å². The molecule has 2 fully saturated rings. The number of carbonyl (C=O) groups excluding carboxylic acids is 2. The molecule has 0 aromatic rings. The second-order valence-corrected chi connectivity index (χ2v) is 21.1. The van der Waals surface area contributed by atoms with E-state index in [9.17, 15) is 45.3 Å². The second kappa shape index (κ2) is 39.1. The minimum Gasteiger partial charge on any atom is -0.455 e. The molecule has 0 aliphatic carbocycles. The normalized spacial score (nSPS) is 26.9. The molecule has 2 aliphatic rings. The van der Waals surface area contributed by atoms with Crippen molar-refractivity contribution in [3.63, 3.8) is 0 Å². The molecule has 0 saturated carbocycles. The summed E-state index contributed by atoms with van der Waals surface area (Å²) in [4.78, 5) is 27.3. The summed E-state index contributed by atoms with van der Waals surface area (Å²) in [7, 11) is 0. The van der Waals surface area contributed by atoms with Gasteiger partial charge in [0.1, 0.15) is 36.6 Å². The summed E-state index contributed by atoms with van der Waals surface area (Å²) in [5.41, 5.74) is 0. The highest BCUT2D eigenvalue weighted by molar-refractivity contribution is 5.73. The summed E-state index contributed by atoms with van der Waals surface area (Å²) in [5, 5.41) is 74.4. The highest BCUT2D eigenvalue weighted by Crippen LogP contribution is 2.33. The van der Waals surface area contributed by atoms with Gasteiger partial charge in [0.05, 0.1) is 25.2 Å². The molecule has 4 unspecified atom stereocenters. The first-order valence-corrected chi connectivity index (χ1v) is 28.3. The van der Waals surface area contributed by atoms with E-state index in [0.717, 1.165) is 38.5 Å². The minimum absolute atomic E-state index is 0.00598. The van der Waals surface area contributed by atoms with E-state index in [0.29, 0.717) is 18.8 Å². The van der Waals surface area contributed by atoms with Crippen molar-refractivity contribution in [2.75, 3.05) is 13.2 Å². The molecule has 0 amide bonds. The maximum Gasteiger partial charge on any atom is 0.311 e. The molecular weight excluding hydrogens is 885 g/mol. The number of unbranched alkanes of at least 4 members (excludes halogenated alkanes) is 27. The van der Waals surface area contributed by atoms with Crippen LogP contribution in [0.2, 0.25) is 0 Å². The number of hydrogen-bond donors (Lipinski definition) is 7. The standard InChI is InChI=1S/C55H104O14/c1-6-8-10-12-14-16-18-20-21-22-24-26-28-30-32-34-36-45(58)67-52-51(48(61)44(39-57)66-55(52)69-54-50(63)49(62)47(60)43(38-56)65-54)68-53(64)42(5)46(59)41(4)37-40(3)35-33-31-29-27-25-23-19-17-15-13-11-9-7-2/h40-44,46-52,54-57,59-63H,6-39H2,1-5H3/t40-,41-,42-,43?,44?,46-,47+,48+,49?,50-,51?,52+,54+,55+/m0/s1. The Balaban J connectivity index is 1.95. The maximum absolute atomic E-state index is 13.8. The molecule has 2 rings (SSSR count). The fourth-order valence-corrected chi connectivity index (χ4v) is 10.0.